The molecule has 6 nitrogen and oxygen atoms in total. The van der Waals surface area contributed by atoms with Gasteiger partial charge in [0.05, 0.1) is 6.61 Å². The molecule has 6 heteroatoms. The lowest BCUT2D eigenvalue weighted by molar-refractivity contribution is 0.301. The van der Waals surface area contributed by atoms with Gasteiger partial charge >= 0.3 is 0 Å². The molecule has 4 N–H and O–H groups in total. The number of anilines is 2. The van der Waals surface area contributed by atoms with Crippen molar-refractivity contribution in [2.24, 2.45) is 5.84 Å². The number of aliphatic hydroxyl groups is 1. The maximum atomic E-state index is 9.07. The third kappa shape index (κ3) is 2.23. The minimum Gasteiger partial charge on any atom is -0.395 e. The van der Waals surface area contributed by atoms with Crippen molar-refractivity contribution in [3.05, 3.63) is 11.8 Å². The number of hydrogen-bond acceptors (Lipinski definition) is 6. The van der Waals surface area contributed by atoms with E-state index in [1.165, 1.54) is 0 Å². The van der Waals surface area contributed by atoms with Gasteiger partial charge in [-0.05, 0) is 19.8 Å². The summed E-state index contributed by atoms with van der Waals surface area (Å²) in [5.41, 5.74) is 3.44. The highest BCUT2D eigenvalue weighted by molar-refractivity contribution is 5.50. The number of aliphatic hydroxyl groups excluding tert-OH is 1. The van der Waals surface area contributed by atoms with Crippen LogP contribution in [0.1, 0.15) is 18.4 Å². The molecule has 1 aliphatic carbocycles. The molecular formula is C10H17N5O. The number of nitrogens with zero attached hydrogens (tertiary/aromatic N) is 3. The zero-order valence-electron chi connectivity index (χ0n) is 9.35. The summed E-state index contributed by atoms with van der Waals surface area (Å²) in [5.74, 6) is 6.56. The van der Waals surface area contributed by atoms with Gasteiger partial charge in [0.15, 0.2) is 0 Å². The van der Waals surface area contributed by atoms with E-state index in [2.05, 4.69) is 20.3 Å². The van der Waals surface area contributed by atoms with Gasteiger partial charge in [-0.3, -0.25) is 5.43 Å². The molecule has 0 unspecified atom stereocenters. The Morgan fingerprint density at radius 3 is 2.94 bits per heavy atom. The van der Waals surface area contributed by atoms with E-state index in [0.717, 1.165) is 24.2 Å². The van der Waals surface area contributed by atoms with Crippen LogP contribution in [0.25, 0.3) is 0 Å². The Labute approximate surface area is 94.5 Å². The summed E-state index contributed by atoms with van der Waals surface area (Å²) in [6.45, 7) is 2.69. The molecule has 88 valence electrons. The lowest BCUT2D eigenvalue weighted by Crippen LogP contribution is -2.31. The van der Waals surface area contributed by atoms with Crippen LogP contribution in [0.15, 0.2) is 6.20 Å². The normalized spacial score (nSPS) is 14.9. The second-order valence-corrected chi connectivity index (χ2v) is 3.99. The summed E-state index contributed by atoms with van der Waals surface area (Å²) in [6.07, 6.45) is 4.06. The van der Waals surface area contributed by atoms with Crippen LogP contribution in [0, 0.1) is 6.92 Å². The van der Waals surface area contributed by atoms with Crippen LogP contribution in [0.3, 0.4) is 0 Å². The van der Waals surface area contributed by atoms with Gasteiger partial charge in [-0.15, -0.1) is 0 Å². The van der Waals surface area contributed by atoms with Crippen LogP contribution in [0.4, 0.5) is 11.8 Å². The second-order valence-electron chi connectivity index (χ2n) is 3.99. The van der Waals surface area contributed by atoms with Crippen LogP contribution >= 0.6 is 0 Å². The van der Waals surface area contributed by atoms with Crippen molar-refractivity contribution >= 4 is 11.8 Å². The van der Waals surface area contributed by atoms with Gasteiger partial charge in [-0.2, -0.15) is 4.98 Å². The van der Waals surface area contributed by atoms with E-state index in [1.54, 1.807) is 6.20 Å². The molecule has 0 aliphatic heterocycles. The Hall–Kier alpha value is -1.40. The Morgan fingerprint density at radius 1 is 1.62 bits per heavy atom. The van der Waals surface area contributed by atoms with Crippen molar-refractivity contribution in [1.29, 1.82) is 0 Å². The van der Waals surface area contributed by atoms with Crippen molar-refractivity contribution in [2.45, 2.75) is 25.8 Å². The predicted molar refractivity (Wildman–Crippen MR) is 62.0 cm³/mol. The number of aromatic nitrogens is 2. The van der Waals surface area contributed by atoms with E-state index in [1.807, 2.05) is 6.92 Å². The summed E-state index contributed by atoms with van der Waals surface area (Å²) in [5, 5.41) is 9.07. The van der Waals surface area contributed by atoms with E-state index in [9.17, 15) is 0 Å². The zero-order valence-corrected chi connectivity index (χ0v) is 9.35. The summed E-state index contributed by atoms with van der Waals surface area (Å²) in [6, 6.07) is 0.506. The summed E-state index contributed by atoms with van der Waals surface area (Å²) < 4.78 is 0. The third-order valence-electron chi connectivity index (χ3n) is 2.67. The van der Waals surface area contributed by atoms with E-state index < -0.39 is 0 Å². The van der Waals surface area contributed by atoms with Gasteiger partial charge in [0.2, 0.25) is 5.95 Å². The van der Waals surface area contributed by atoms with Gasteiger partial charge in [0, 0.05) is 24.3 Å². The van der Waals surface area contributed by atoms with Gasteiger partial charge < -0.3 is 10.0 Å². The maximum Gasteiger partial charge on any atom is 0.239 e. The lowest BCUT2D eigenvalue weighted by atomic mass is 10.3. The van der Waals surface area contributed by atoms with Crippen molar-refractivity contribution in [2.75, 3.05) is 23.5 Å². The van der Waals surface area contributed by atoms with Gasteiger partial charge in [-0.1, -0.05) is 0 Å². The topological polar surface area (TPSA) is 87.3 Å². The van der Waals surface area contributed by atoms with E-state index in [4.69, 9.17) is 10.9 Å². The number of rotatable bonds is 5. The Bertz CT molecular complexity index is 366. The van der Waals surface area contributed by atoms with Crippen molar-refractivity contribution in [1.82, 2.24) is 9.97 Å². The van der Waals surface area contributed by atoms with Gasteiger partial charge in [-0.25, -0.2) is 10.8 Å². The molecular weight excluding hydrogens is 206 g/mol. The highest BCUT2D eigenvalue weighted by atomic mass is 16.3. The molecule has 16 heavy (non-hydrogen) atoms. The number of nitrogen functional groups attached to an aromatic ring is 1. The fourth-order valence-corrected chi connectivity index (χ4v) is 1.75. The minimum absolute atomic E-state index is 0.130. The lowest BCUT2D eigenvalue weighted by Gasteiger charge is -2.24. The van der Waals surface area contributed by atoms with Crippen LogP contribution in [0.2, 0.25) is 0 Å². The summed E-state index contributed by atoms with van der Waals surface area (Å²) in [4.78, 5) is 10.5. The quantitative estimate of drug-likeness (QED) is 0.482. The third-order valence-corrected chi connectivity index (χ3v) is 2.67. The minimum atomic E-state index is 0.130. The Kier molecular flexibility index (Phi) is 3.21. The first-order chi connectivity index (χ1) is 7.76. The number of hydrogen-bond donors (Lipinski definition) is 3. The zero-order chi connectivity index (χ0) is 11.5. The summed E-state index contributed by atoms with van der Waals surface area (Å²) in [7, 11) is 0. The van der Waals surface area contributed by atoms with Crippen LogP contribution in [0.5, 0.6) is 0 Å². The first kappa shape index (κ1) is 11.1. The molecule has 0 saturated heterocycles. The van der Waals surface area contributed by atoms with E-state index in [-0.39, 0.29) is 6.61 Å². The van der Waals surface area contributed by atoms with E-state index in [0.29, 0.717) is 18.5 Å². The highest BCUT2D eigenvalue weighted by Crippen LogP contribution is 2.32. The number of nitrogens with two attached hydrogens (primary N) is 1. The molecule has 1 aliphatic rings. The largest absolute Gasteiger partial charge is 0.395 e. The van der Waals surface area contributed by atoms with Crippen LogP contribution in [-0.4, -0.2) is 34.3 Å². The second kappa shape index (κ2) is 4.63. The van der Waals surface area contributed by atoms with Crippen LogP contribution in [-0.2, 0) is 0 Å². The smallest absolute Gasteiger partial charge is 0.239 e. The predicted octanol–water partition coefficient (Wildman–Crippen LogP) is 0.0317. The van der Waals surface area contributed by atoms with E-state index >= 15 is 0 Å². The maximum absolute atomic E-state index is 9.07. The molecule has 0 atom stereocenters. The molecule has 1 aromatic heterocycles. The van der Waals surface area contributed by atoms with Crippen LogP contribution < -0.4 is 16.2 Å². The highest BCUT2D eigenvalue weighted by Gasteiger charge is 2.30. The Balaban J connectivity index is 2.27. The molecule has 1 heterocycles. The molecule has 0 bridgehead atoms. The molecule has 1 aromatic rings. The first-order valence-corrected chi connectivity index (χ1v) is 5.44. The molecule has 1 saturated carbocycles. The fourth-order valence-electron chi connectivity index (χ4n) is 1.75. The molecule has 0 spiro atoms. The average Bonchev–Trinajstić information content (AvgIpc) is 3.11. The van der Waals surface area contributed by atoms with Crippen molar-refractivity contribution < 1.29 is 5.11 Å². The Morgan fingerprint density at radius 2 is 2.38 bits per heavy atom. The monoisotopic (exact) mass is 223 g/mol. The first-order valence-electron chi connectivity index (χ1n) is 5.44. The van der Waals surface area contributed by atoms with Gasteiger partial charge in [0.1, 0.15) is 5.82 Å². The van der Waals surface area contributed by atoms with Crippen molar-refractivity contribution in [3.8, 4) is 0 Å². The molecule has 0 aromatic carbocycles. The summed E-state index contributed by atoms with van der Waals surface area (Å²) >= 11 is 0. The number of nitrogens with one attached hydrogen (secondary N) is 1. The van der Waals surface area contributed by atoms with Crippen molar-refractivity contribution in [3.63, 3.8) is 0 Å². The fraction of sp³-hybridized carbons (Fsp3) is 0.600. The molecule has 2 rings (SSSR count). The molecule has 0 amide bonds. The standard InChI is InChI=1S/C10H17N5O/c1-7-6-12-10(14-11)13-9(7)15(4-5-16)8-2-3-8/h6,8,16H,2-5,11H2,1H3,(H,12,13,14). The number of hydrazine groups is 1. The number of aryl methyl sites for hydroxylation is 1. The molecule has 1 fully saturated rings. The SMILES string of the molecule is Cc1cnc(NN)nc1N(CCO)C1CC1. The van der Waals surface area contributed by atoms with Gasteiger partial charge in [0.25, 0.3) is 0 Å². The average molecular weight is 223 g/mol. The molecule has 0 radical (unpaired) electrons.